The second kappa shape index (κ2) is 4.35. The summed E-state index contributed by atoms with van der Waals surface area (Å²) in [7, 11) is 1.50. The third-order valence-corrected chi connectivity index (χ3v) is 2.31. The second-order valence-corrected chi connectivity index (χ2v) is 2.92. The molecule has 11 heavy (non-hydrogen) atoms. The summed E-state index contributed by atoms with van der Waals surface area (Å²) in [6, 6.07) is 0. The summed E-state index contributed by atoms with van der Waals surface area (Å²) in [6.07, 6.45) is 11.4. The Bertz CT molecular complexity index is 177. The fraction of sp³-hybridized carbons (Fsp3) is 0.600. The van der Waals surface area contributed by atoms with Crippen LogP contribution in [0.15, 0.2) is 23.3 Å². The molecule has 0 saturated carbocycles. The first-order valence-electron chi connectivity index (χ1n) is 4.42. The van der Waals surface area contributed by atoms with Crippen molar-refractivity contribution in [2.45, 2.75) is 32.1 Å². The van der Waals surface area contributed by atoms with Crippen LogP contribution >= 0.6 is 0 Å². The predicted molar refractivity (Wildman–Crippen MR) is 49.4 cm³/mol. The van der Waals surface area contributed by atoms with E-state index in [1.165, 1.54) is 39.2 Å². The Morgan fingerprint density at radius 2 is 2.00 bits per heavy atom. The van der Waals surface area contributed by atoms with Crippen LogP contribution in [0, 0.1) is 0 Å². The van der Waals surface area contributed by atoms with Gasteiger partial charge in [0.25, 0.3) is 0 Å². The Hall–Kier alpha value is -0.560. The average Bonchev–Trinajstić information content (AvgIpc) is 2.55. The zero-order chi connectivity index (χ0) is 8.10. The molecule has 1 heteroatoms. The van der Waals surface area contributed by atoms with Gasteiger partial charge in [-0.3, -0.25) is 0 Å². The number of hydrogen-bond acceptors (Lipinski definition) is 1. The number of allylic oxidation sites excluding steroid dienone is 4. The Morgan fingerprint density at radius 1 is 1.18 bits per heavy atom. The summed E-state index contributed by atoms with van der Waals surface area (Å²) < 4.78 is 0. The van der Waals surface area contributed by atoms with E-state index < -0.39 is 0 Å². The van der Waals surface area contributed by atoms with E-state index in [0.29, 0.717) is 0 Å². The lowest BCUT2D eigenvalue weighted by atomic mass is 10.0. The minimum Gasteiger partial charge on any atom is -0.333 e. The van der Waals surface area contributed by atoms with Gasteiger partial charge < -0.3 is 5.73 Å². The summed E-state index contributed by atoms with van der Waals surface area (Å²) in [5, 5.41) is 0. The zero-order valence-electron chi connectivity index (χ0n) is 7.27. The van der Waals surface area contributed by atoms with Crippen molar-refractivity contribution in [3.8, 4) is 0 Å². The molecule has 62 valence electrons. The molecule has 1 nitrogen and oxygen atoms in total. The molecule has 2 aliphatic carbocycles. The van der Waals surface area contributed by atoms with Gasteiger partial charge in [0.2, 0.25) is 0 Å². The van der Waals surface area contributed by atoms with E-state index in [4.69, 9.17) is 0 Å². The molecule has 0 fully saturated rings. The van der Waals surface area contributed by atoms with E-state index in [-0.39, 0.29) is 0 Å². The lowest BCUT2D eigenvalue weighted by molar-refractivity contribution is 0.858. The summed E-state index contributed by atoms with van der Waals surface area (Å²) in [5.74, 6) is 0. The fourth-order valence-electron chi connectivity index (χ4n) is 1.80. The quantitative estimate of drug-likeness (QED) is 0.565. The first-order chi connectivity index (χ1) is 5.47. The van der Waals surface area contributed by atoms with Gasteiger partial charge >= 0.3 is 0 Å². The van der Waals surface area contributed by atoms with Crippen LogP contribution in [-0.2, 0) is 0 Å². The monoisotopic (exact) mass is 151 g/mol. The molecule has 0 saturated heterocycles. The molecule has 0 amide bonds. The molecule has 0 spiro atoms. The molecule has 2 rings (SSSR count). The minimum absolute atomic E-state index is 1.29. The first-order valence-corrected chi connectivity index (χ1v) is 4.42. The average molecular weight is 151 g/mol. The summed E-state index contributed by atoms with van der Waals surface area (Å²) in [6.45, 7) is 0. The van der Waals surface area contributed by atoms with Crippen LogP contribution in [0.5, 0.6) is 0 Å². The normalized spacial score (nSPS) is 20.9. The van der Waals surface area contributed by atoms with E-state index in [1.807, 2.05) is 0 Å². The van der Waals surface area contributed by atoms with Gasteiger partial charge in [0.1, 0.15) is 0 Å². The SMILES string of the molecule is C1=CC2=C(CC1)CCC2.CN. The molecule has 0 atom stereocenters. The van der Waals surface area contributed by atoms with Crippen LogP contribution in [0.2, 0.25) is 0 Å². The Morgan fingerprint density at radius 3 is 2.73 bits per heavy atom. The second-order valence-electron chi connectivity index (χ2n) is 2.92. The molecule has 0 unspecified atom stereocenters. The molecular formula is C10H17N. The number of hydrogen-bond donors (Lipinski definition) is 1. The maximum absolute atomic E-state index is 4.50. The van der Waals surface area contributed by atoms with E-state index >= 15 is 0 Å². The smallest absolute Gasteiger partial charge is 0.0195 e. The summed E-state index contributed by atoms with van der Waals surface area (Å²) in [5.41, 5.74) is 7.90. The van der Waals surface area contributed by atoms with Gasteiger partial charge in [-0.1, -0.05) is 17.7 Å². The molecule has 0 aromatic heterocycles. The molecular weight excluding hydrogens is 134 g/mol. The summed E-state index contributed by atoms with van der Waals surface area (Å²) >= 11 is 0. The Kier molecular flexibility index (Phi) is 3.37. The van der Waals surface area contributed by atoms with Gasteiger partial charge in [0.15, 0.2) is 0 Å². The molecule has 2 N–H and O–H groups in total. The third kappa shape index (κ3) is 1.93. The molecule has 0 bridgehead atoms. The topological polar surface area (TPSA) is 26.0 Å². The van der Waals surface area contributed by atoms with Crippen molar-refractivity contribution in [1.29, 1.82) is 0 Å². The maximum Gasteiger partial charge on any atom is -0.0195 e. The number of nitrogens with two attached hydrogens (primary N) is 1. The van der Waals surface area contributed by atoms with E-state index in [1.54, 1.807) is 11.1 Å². The van der Waals surface area contributed by atoms with E-state index in [0.717, 1.165) is 0 Å². The molecule has 0 radical (unpaired) electrons. The van der Waals surface area contributed by atoms with Crippen molar-refractivity contribution in [3.63, 3.8) is 0 Å². The highest BCUT2D eigenvalue weighted by molar-refractivity contribution is 5.32. The van der Waals surface area contributed by atoms with Crippen molar-refractivity contribution in [2.24, 2.45) is 5.73 Å². The largest absolute Gasteiger partial charge is 0.333 e. The van der Waals surface area contributed by atoms with Gasteiger partial charge in [-0.2, -0.15) is 0 Å². The molecule has 0 aromatic rings. The van der Waals surface area contributed by atoms with Crippen molar-refractivity contribution in [2.75, 3.05) is 7.05 Å². The lowest BCUT2D eigenvalue weighted by Gasteiger charge is -2.05. The van der Waals surface area contributed by atoms with Gasteiger partial charge in [0, 0.05) is 0 Å². The Balaban J connectivity index is 0.000000281. The van der Waals surface area contributed by atoms with Crippen LogP contribution in [0.25, 0.3) is 0 Å². The highest BCUT2D eigenvalue weighted by atomic mass is 14.4. The molecule has 0 aliphatic heterocycles. The third-order valence-electron chi connectivity index (χ3n) is 2.31. The van der Waals surface area contributed by atoms with Crippen LogP contribution < -0.4 is 5.73 Å². The Labute approximate surface area is 69.0 Å². The van der Waals surface area contributed by atoms with Gasteiger partial charge in [0.05, 0.1) is 0 Å². The molecule has 0 heterocycles. The van der Waals surface area contributed by atoms with Gasteiger partial charge in [-0.15, -0.1) is 0 Å². The fourth-order valence-corrected chi connectivity index (χ4v) is 1.80. The van der Waals surface area contributed by atoms with Gasteiger partial charge in [-0.25, -0.2) is 0 Å². The zero-order valence-corrected chi connectivity index (χ0v) is 7.27. The van der Waals surface area contributed by atoms with Crippen molar-refractivity contribution in [1.82, 2.24) is 0 Å². The predicted octanol–water partition coefficient (Wildman–Crippen LogP) is 2.39. The van der Waals surface area contributed by atoms with E-state index in [9.17, 15) is 0 Å². The molecule has 0 aromatic carbocycles. The first kappa shape index (κ1) is 8.54. The highest BCUT2D eigenvalue weighted by Gasteiger charge is 2.13. The standard InChI is InChI=1S/C9H12.CH5N/c1-2-5-9-7-3-6-8(9)4-1;1-2/h1,4H,2-3,5-7H2;2H2,1H3. The van der Waals surface area contributed by atoms with Crippen LogP contribution in [0.4, 0.5) is 0 Å². The minimum atomic E-state index is 1.29. The molecule has 2 aliphatic rings. The maximum atomic E-state index is 4.50. The number of rotatable bonds is 0. The van der Waals surface area contributed by atoms with E-state index in [2.05, 4.69) is 17.9 Å². The lowest BCUT2D eigenvalue weighted by Crippen LogP contribution is -1.85. The van der Waals surface area contributed by atoms with Crippen LogP contribution in [0.3, 0.4) is 0 Å². The van der Waals surface area contributed by atoms with Crippen LogP contribution in [0.1, 0.15) is 32.1 Å². The van der Waals surface area contributed by atoms with Gasteiger partial charge in [-0.05, 0) is 44.7 Å². The van der Waals surface area contributed by atoms with Crippen molar-refractivity contribution < 1.29 is 0 Å². The van der Waals surface area contributed by atoms with Crippen molar-refractivity contribution in [3.05, 3.63) is 23.3 Å². The highest BCUT2D eigenvalue weighted by Crippen LogP contribution is 2.32. The summed E-state index contributed by atoms with van der Waals surface area (Å²) in [4.78, 5) is 0. The van der Waals surface area contributed by atoms with Crippen LogP contribution in [-0.4, -0.2) is 7.05 Å². The van der Waals surface area contributed by atoms with Crippen molar-refractivity contribution >= 4 is 0 Å².